The summed E-state index contributed by atoms with van der Waals surface area (Å²) in [4.78, 5) is 27.6. The fourth-order valence-electron chi connectivity index (χ4n) is 3.86. The number of pyridine rings is 1. The highest BCUT2D eigenvalue weighted by molar-refractivity contribution is 5.95. The Morgan fingerprint density at radius 3 is 2.55 bits per heavy atom. The molecule has 0 aliphatic carbocycles. The highest BCUT2D eigenvalue weighted by atomic mass is 16.5. The summed E-state index contributed by atoms with van der Waals surface area (Å²) in [7, 11) is 1.56. The molecule has 31 heavy (non-hydrogen) atoms. The van der Waals surface area contributed by atoms with Gasteiger partial charge in [-0.1, -0.05) is 12.1 Å². The minimum atomic E-state index is 0.0975. The van der Waals surface area contributed by atoms with Gasteiger partial charge in [-0.15, -0.1) is 0 Å². The highest BCUT2D eigenvalue weighted by Crippen LogP contribution is 2.36. The van der Waals surface area contributed by atoms with Crippen LogP contribution in [-0.2, 0) is 4.79 Å². The number of hydrogen-bond acceptors (Lipinski definition) is 6. The number of nitriles is 1. The third-order valence-corrected chi connectivity index (χ3v) is 5.37. The molecule has 1 amide bonds. The first kappa shape index (κ1) is 18.8. The van der Waals surface area contributed by atoms with Crippen LogP contribution in [0.25, 0.3) is 28.0 Å². The minimum Gasteiger partial charge on any atom is -0.468 e. The van der Waals surface area contributed by atoms with E-state index in [0.29, 0.717) is 41.7 Å². The monoisotopic (exact) mass is 410 g/mol. The van der Waals surface area contributed by atoms with Crippen LogP contribution in [0.4, 0.5) is 5.82 Å². The number of nitrogens with zero attached hydrogens (tertiary/aromatic N) is 6. The van der Waals surface area contributed by atoms with Crippen LogP contribution >= 0.6 is 0 Å². The van der Waals surface area contributed by atoms with E-state index in [0.717, 1.165) is 23.1 Å². The maximum Gasteiger partial charge on any atom is 0.302 e. The molecule has 3 aromatic heterocycles. The van der Waals surface area contributed by atoms with Crippen LogP contribution in [0.3, 0.4) is 0 Å². The molecule has 1 fully saturated rings. The highest BCUT2D eigenvalue weighted by Gasteiger charge is 2.24. The second kappa shape index (κ2) is 7.54. The topological polar surface area (TPSA) is 96.4 Å². The van der Waals surface area contributed by atoms with Gasteiger partial charge in [-0.05, 0) is 30.7 Å². The number of imidazole rings is 1. The molecule has 8 heteroatoms. The van der Waals surface area contributed by atoms with Crippen LogP contribution in [0.1, 0.15) is 18.4 Å². The number of methoxy groups -OCH3 is 1. The van der Waals surface area contributed by atoms with Gasteiger partial charge in [0, 0.05) is 42.7 Å². The third-order valence-electron chi connectivity index (χ3n) is 5.37. The van der Waals surface area contributed by atoms with Gasteiger partial charge >= 0.3 is 6.01 Å². The van der Waals surface area contributed by atoms with E-state index < -0.39 is 0 Å². The number of anilines is 1. The molecule has 0 radical (unpaired) electrons. The van der Waals surface area contributed by atoms with E-state index in [1.165, 1.54) is 0 Å². The fraction of sp³-hybridized carbons (Fsp3) is 0.174. The van der Waals surface area contributed by atoms with Crippen LogP contribution in [0, 0.1) is 11.3 Å². The average molecular weight is 410 g/mol. The Balaban J connectivity index is 1.69. The van der Waals surface area contributed by atoms with E-state index in [4.69, 9.17) is 15.0 Å². The van der Waals surface area contributed by atoms with Gasteiger partial charge in [-0.3, -0.25) is 14.1 Å². The number of carbonyl (C=O) groups excluding carboxylic acids is 1. The van der Waals surface area contributed by atoms with E-state index in [9.17, 15) is 4.79 Å². The zero-order chi connectivity index (χ0) is 21.4. The second-order valence-electron chi connectivity index (χ2n) is 7.19. The Hall–Kier alpha value is -4.25. The second-order valence-corrected chi connectivity index (χ2v) is 7.19. The zero-order valence-corrected chi connectivity index (χ0v) is 16.8. The van der Waals surface area contributed by atoms with Crippen molar-refractivity contribution in [3.63, 3.8) is 0 Å². The molecule has 0 spiro atoms. The van der Waals surface area contributed by atoms with E-state index in [1.807, 2.05) is 24.3 Å². The number of ether oxygens (including phenoxy) is 1. The maximum atomic E-state index is 12.1. The van der Waals surface area contributed by atoms with Crippen LogP contribution in [0.5, 0.6) is 6.01 Å². The first-order valence-corrected chi connectivity index (χ1v) is 9.88. The molecule has 1 saturated heterocycles. The molecule has 8 nitrogen and oxygen atoms in total. The molecule has 0 saturated carbocycles. The van der Waals surface area contributed by atoms with Gasteiger partial charge in [0.15, 0.2) is 5.65 Å². The number of fused-ring (bicyclic) bond motifs is 1. The van der Waals surface area contributed by atoms with Crippen molar-refractivity contribution in [1.29, 1.82) is 5.26 Å². The van der Waals surface area contributed by atoms with Gasteiger partial charge in [0.1, 0.15) is 5.82 Å². The first-order valence-electron chi connectivity index (χ1n) is 9.88. The summed E-state index contributed by atoms with van der Waals surface area (Å²) in [6.45, 7) is 0.691. The molecule has 5 rings (SSSR count). The fourth-order valence-corrected chi connectivity index (χ4v) is 3.86. The van der Waals surface area contributed by atoms with Crippen molar-refractivity contribution in [1.82, 2.24) is 19.4 Å². The Morgan fingerprint density at radius 2 is 1.90 bits per heavy atom. The van der Waals surface area contributed by atoms with Crippen LogP contribution in [0.2, 0.25) is 0 Å². The third kappa shape index (κ3) is 3.16. The summed E-state index contributed by atoms with van der Waals surface area (Å²) in [5.74, 6) is 0.743. The smallest absolute Gasteiger partial charge is 0.302 e. The Kier molecular flexibility index (Phi) is 4.56. The quantitative estimate of drug-likeness (QED) is 0.511. The molecule has 0 unspecified atom stereocenters. The molecule has 4 heterocycles. The van der Waals surface area contributed by atoms with E-state index in [-0.39, 0.29) is 5.91 Å². The lowest BCUT2D eigenvalue weighted by Crippen LogP contribution is -2.24. The largest absolute Gasteiger partial charge is 0.468 e. The Labute approximate surface area is 178 Å². The summed E-state index contributed by atoms with van der Waals surface area (Å²) < 4.78 is 7.26. The van der Waals surface area contributed by atoms with Crippen LogP contribution in [0.15, 0.2) is 55.0 Å². The van der Waals surface area contributed by atoms with Crippen molar-refractivity contribution in [3.8, 4) is 34.5 Å². The summed E-state index contributed by atoms with van der Waals surface area (Å²) in [5.41, 5.74) is 4.37. The van der Waals surface area contributed by atoms with Crippen LogP contribution < -0.4 is 9.64 Å². The van der Waals surface area contributed by atoms with E-state index in [2.05, 4.69) is 16.0 Å². The lowest BCUT2D eigenvalue weighted by Gasteiger charge is -2.16. The summed E-state index contributed by atoms with van der Waals surface area (Å²) in [5, 5.41) is 9.13. The Bertz CT molecular complexity index is 1320. The number of aromatic nitrogens is 4. The number of rotatable bonds is 4. The van der Waals surface area contributed by atoms with Gasteiger partial charge in [-0.25, -0.2) is 9.97 Å². The van der Waals surface area contributed by atoms with Gasteiger partial charge in [-0.2, -0.15) is 10.2 Å². The number of amides is 1. The summed E-state index contributed by atoms with van der Waals surface area (Å²) >= 11 is 0. The molecule has 0 atom stereocenters. The molecule has 4 aromatic rings. The lowest BCUT2D eigenvalue weighted by atomic mass is 10.0. The van der Waals surface area contributed by atoms with Crippen molar-refractivity contribution in [2.45, 2.75) is 12.8 Å². The normalized spacial score (nSPS) is 13.5. The zero-order valence-electron chi connectivity index (χ0n) is 16.8. The first-order chi connectivity index (χ1) is 15.2. The molecule has 0 bridgehead atoms. The average Bonchev–Trinajstić information content (AvgIpc) is 3.47. The SMILES string of the molecule is COc1nc(-c2ccc(C#N)cc2)c(-c2ccc(N3CCCC3=O)nc2)c2nccn12. The van der Waals surface area contributed by atoms with E-state index >= 15 is 0 Å². The number of carbonyl (C=O) groups is 1. The van der Waals surface area contributed by atoms with E-state index in [1.54, 1.807) is 47.1 Å². The van der Waals surface area contributed by atoms with Crippen molar-refractivity contribution in [3.05, 3.63) is 60.6 Å². The van der Waals surface area contributed by atoms with Gasteiger partial charge < -0.3 is 4.74 Å². The van der Waals surface area contributed by atoms with Crippen molar-refractivity contribution in [2.75, 3.05) is 18.6 Å². The standard InChI is InChI=1S/C23H18N6O2/c1-31-23-27-21(16-6-4-15(13-24)5-7-16)20(22-25-10-12-29(22)23)17-8-9-18(26-14-17)28-11-2-3-19(28)30/h4-10,12,14H,2-3,11H2,1H3. The maximum absolute atomic E-state index is 12.1. The van der Waals surface area contributed by atoms with Crippen molar-refractivity contribution >= 4 is 17.4 Å². The number of hydrogen-bond donors (Lipinski definition) is 0. The molecule has 0 N–H and O–H groups in total. The predicted molar refractivity (Wildman–Crippen MR) is 115 cm³/mol. The van der Waals surface area contributed by atoms with Crippen molar-refractivity contribution in [2.24, 2.45) is 0 Å². The minimum absolute atomic E-state index is 0.0975. The number of benzene rings is 1. The summed E-state index contributed by atoms with van der Waals surface area (Å²) in [6, 6.07) is 13.5. The Morgan fingerprint density at radius 1 is 1.10 bits per heavy atom. The molecule has 1 aliphatic heterocycles. The lowest BCUT2D eigenvalue weighted by molar-refractivity contribution is -0.117. The molecule has 152 valence electrons. The molecule has 1 aromatic carbocycles. The van der Waals surface area contributed by atoms with Gasteiger partial charge in [0.05, 0.1) is 30.0 Å². The molecular formula is C23H18N6O2. The van der Waals surface area contributed by atoms with Gasteiger partial charge in [0.25, 0.3) is 0 Å². The molecular weight excluding hydrogens is 392 g/mol. The van der Waals surface area contributed by atoms with Crippen LogP contribution in [-0.4, -0.2) is 38.9 Å². The predicted octanol–water partition coefficient (Wildman–Crippen LogP) is 3.47. The van der Waals surface area contributed by atoms with Crippen molar-refractivity contribution < 1.29 is 9.53 Å². The summed E-state index contributed by atoms with van der Waals surface area (Å²) in [6.07, 6.45) is 6.63. The van der Waals surface area contributed by atoms with Gasteiger partial charge in [0.2, 0.25) is 5.91 Å². The molecule has 1 aliphatic rings.